The first-order valence-corrected chi connectivity index (χ1v) is 11.8. The number of hydrogen-bond donors (Lipinski definition) is 1. The van der Waals surface area contributed by atoms with Crippen LogP contribution in [-0.4, -0.2) is 47.0 Å². The number of aromatic nitrogens is 2. The minimum atomic E-state index is -0.306. The third-order valence-electron chi connectivity index (χ3n) is 6.30. The van der Waals surface area contributed by atoms with Crippen LogP contribution in [0.4, 0.5) is 0 Å². The maximum atomic E-state index is 13.6. The van der Waals surface area contributed by atoms with Crippen molar-refractivity contribution in [2.75, 3.05) is 26.9 Å². The summed E-state index contributed by atoms with van der Waals surface area (Å²) in [4.78, 5) is 30.8. The fourth-order valence-electron chi connectivity index (χ4n) is 4.49. The van der Waals surface area contributed by atoms with Crippen LogP contribution in [-0.2, 0) is 22.4 Å². The van der Waals surface area contributed by atoms with Crippen LogP contribution in [0, 0.1) is 12.8 Å². The number of carbonyl (C=O) groups excluding carboxylic acids is 1. The van der Waals surface area contributed by atoms with Gasteiger partial charge in [-0.25, -0.2) is 0 Å². The zero-order valence-corrected chi connectivity index (χ0v) is 19.9. The van der Waals surface area contributed by atoms with Gasteiger partial charge < -0.3 is 19.4 Å². The molecule has 1 atom stereocenters. The highest BCUT2D eigenvalue weighted by atomic mass is 35.5. The maximum Gasteiger partial charge on any atom is 0.256 e. The van der Waals surface area contributed by atoms with Crippen LogP contribution in [0.25, 0.3) is 10.1 Å². The molecule has 0 spiro atoms. The van der Waals surface area contributed by atoms with Gasteiger partial charge in [-0.3, -0.25) is 9.59 Å². The number of aromatic amines is 1. The van der Waals surface area contributed by atoms with E-state index in [2.05, 4.69) is 9.36 Å². The minimum Gasteiger partial charge on any atom is -0.380 e. The lowest BCUT2D eigenvalue weighted by atomic mass is 9.89. The summed E-state index contributed by atoms with van der Waals surface area (Å²) >= 11 is 14.6. The molecule has 4 heterocycles. The zero-order chi connectivity index (χ0) is 22.6. The van der Waals surface area contributed by atoms with Gasteiger partial charge in [-0.05, 0) is 36.5 Å². The second kappa shape index (κ2) is 8.43. The molecule has 2 aliphatic rings. The van der Waals surface area contributed by atoms with Crippen molar-refractivity contribution in [3.05, 3.63) is 60.6 Å². The van der Waals surface area contributed by atoms with Gasteiger partial charge in [0.25, 0.3) is 11.5 Å². The third-order valence-corrected chi connectivity index (χ3v) is 7.91. The number of pyridine rings is 1. The summed E-state index contributed by atoms with van der Waals surface area (Å²) in [5.41, 5.74) is 2.92. The van der Waals surface area contributed by atoms with Gasteiger partial charge in [0.15, 0.2) is 0 Å². The zero-order valence-electron chi connectivity index (χ0n) is 17.5. The minimum absolute atomic E-state index is 0.159. The Morgan fingerprint density at radius 3 is 2.84 bits per heavy atom. The molecule has 10 heteroatoms. The molecule has 1 N–H and O–H groups in total. The van der Waals surface area contributed by atoms with Gasteiger partial charge in [-0.1, -0.05) is 23.2 Å². The number of carbonyl (C=O) groups is 1. The van der Waals surface area contributed by atoms with Gasteiger partial charge in [0.1, 0.15) is 0 Å². The topological polar surface area (TPSA) is 84.5 Å². The van der Waals surface area contributed by atoms with Gasteiger partial charge in [0.2, 0.25) is 0 Å². The molecule has 1 saturated heterocycles. The van der Waals surface area contributed by atoms with Gasteiger partial charge >= 0.3 is 0 Å². The molecule has 1 unspecified atom stereocenters. The molecule has 7 nitrogen and oxygen atoms in total. The molecule has 2 aliphatic heterocycles. The lowest BCUT2D eigenvalue weighted by Gasteiger charge is -2.35. The van der Waals surface area contributed by atoms with Crippen molar-refractivity contribution < 1.29 is 14.3 Å². The number of nitrogens with one attached hydrogen (secondary N) is 1. The lowest BCUT2D eigenvalue weighted by molar-refractivity contribution is -0.105. The molecular weight excluding hydrogens is 473 g/mol. The molecule has 0 aliphatic carbocycles. The Labute approximate surface area is 198 Å². The largest absolute Gasteiger partial charge is 0.380 e. The number of H-pyrrole nitrogens is 1. The van der Waals surface area contributed by atoms with E-state index in [1.807, 2.05) is 13.0 Å². The van der Waals surface area contributed by atoms with Crippen molar-refractivity contribution in [3.8, 4) is 0 Å². The first-order chi connectivity index (χ1) is 15.4. The van der Waals surface area contributed by atoms with Gasteiger partial charge in [0.05, 0.1) is 52.9 Å². The summed E-state index contributed by atoms with van der Waals surface area (Å²) in [6.07, 6.45) is 1.98. The predicted octanol–water partition coefficient (Wildman–Crippen LogP) is 4.13. The van der Waals surface area contributed by atoms with E-state index in [4.69, 9.17) is 32.7 Å². The fourth-order valence-corrected chi connectivity index (χ4v) is 5.99. The van der Waals surface area contributed by atoms with E-state index in [0.717, 1.165) is 21.3 Å². The van der Waals surface area contributed by atoms with Crippen LogP contribution in [0.5, 0.6) is 0 Å². The van der Waals surface area contributed by atoms with Crippen molar-refractivity contribution in [2.24, 2.45) is 5.92 Å². The van der Waals surface area contributed by atoms with Crippen LogP contribution in [0.1, 0.15) is 38.8 Å². The number of ether oxygens (including phenoxy) is 2. The summed E-state index contributed by atoms with van der Waals surface area (Å²) in [5, 5.41) is 1.76. The Balaban J connectivity index is 1.54. The highest BCUT2D eigenvalue weighted by Gasteiger charge is 2.36. The SMILES string of the molecule is COC(c1cc(Cl)c2c(c1Cl)C(=O)N(Cc1c(=O)[nH]c(C)c3cnsc13)CC2)C1COC1. The molecular formula is C22H21Cl2N3O4S. The first-order valence-electron chi connectivity index (χ1n) is 10.3. The van der Waals surface area contributed by atoms with Crippen LogP contribution in [0.15, 0.2) is 17.1 Å². The fraction of sp³-hybridized carbons (Fsp3) is 0.409. The Morgan fingerprint density at radius 2 is 2.16 bits per heavy atom. The molecule has 32 heavy (non-hydrogen) atoms. The first kappa shape index (κ1) is 21.9. The molecule has 5 rings (SSSR count). The second-order valence-electron chi connectivity index (χ2n) is 8.17. The molecule has 0 radical (unpaired) electrons. The maximum absolute atomic E-state index is 13.6. The van der Waals surface area contributed by atoms with E-state index in [0.29, 0.717) is 52.9 Å². The molecule has 3 aromatic rings. The number of methoxy groups -OCH3 is 1. The van der Waals surface area contributed by atoms with Gasteiger partial charge in [-0.15, -0.1) is 0 Å². The Bertz CT molecular complexity index is 1280. The Hall–Kier alpha value is -1.97. The monoisotopic (exact) mass is 493 g/mol. The number of hydrogen-bond acceptors (Lipinski definition) is 6. The number of aryl methyl sites for hydroxylation is 1. The van der Waals surface area contributed by atoms with E-state index in [9.17, 15) is 9.59 Å². The summed E-state index contributed by atoms with van der Waals surface area (Å²) in [6, 6.07) is 1.81. The highest BCUT2D eigenvalue weighted by molar-refractivity contribution is 7.13. The van der Waals surface area contributed by atoms with Gasteiger partial charge in [0, 0.05) is 41.2 Å². The quantitative estimate of drug-likeness (QED) is 0.577. The van der Waals surface area contributed by atoms with Crippen molar-refractivity contribution in [2.45, 2.75) is 26.0 Å². The number of benzene rings is 1. The summed E-state index contributed by atoms with van der Waals surface area (Å²) in [6.45, 7) is 3.61. The number of nitrogens with zero attached hydrogens (tertiary/aromatic N) is 2. The smallest absolute Gasteiger partial charge is 0.256 e. The van der Waals surface area contributed by atoms with Crippen LogP contribution in [0.3, 0.4) is 0 Å². The molecule has 0 bridgehead atoms. The highest BCUT2D eigenvalue weighted by Crippen LogP contribution is 2.42. The summed E-state index contributed by atoms with van der Waals surface area (Å²) in [7, 11) is 1.62. The van der Waals surface area contributed by atoms with Crippen molar-refractivity contribution in [1.29, 1.82) is 0 Å². The second-order valence-corrected chi connectivity index (χ2v) is 9.76. The average molecular weight is 494 g/mol. The molecule has 0 saturated carbocycles. The van der Waals surface area contributed by atoms with E-state index >= 15 is 0 Å². The molecule has 2 aromatic heterocycles. The van der Waals surface area contributed by atoms with E-state index in [1.54, 1.807) is 18.2 Å². The van der Waals surface area contributed by atoms with Crippen molar-refractivity contribution in [3.63, 3.8) is 0 Å². The summed E-state index contributed by atoms with van der Waals surface area (Å²) in [5.74, 6) is -0.0792. The summed E-state index contributed by atoms with van der Waals surface area (Å²) < 4.78 is 16.0. The average Bonchev–Trinajstić information content (AvgIpc) is 3.22. The Morgan fingerprint density at radius 1 is 1.38 bits per heavy atom. The predicted molar refractivity (Wildman–Crippen MR) is 124 cm³/mol. The number of amides is 1. The van der Waals surface area contributed by atoms with Crippen LogP contribution >= 0.6 is 34.7 Å². The van der Waals surface area contributed by atoms with Gasteiger partial charge in [-0.2, -0.15) is 4.37 Å². The molecule has 1 amide bonds. The van der Waals surface area contributed by atoms with E-state index < -0.39 is 0 Å². The molecule has 1 aromatic carbocycles. The normalized spacial score (nSPS) is 17.5. The van der Waals surface area contributed by atoms with Crippen molar-refractivity contribution >= 4 is 50.7 Å². The lowest BCUT2D eigenvalue weighted by Crippen LogP contribution is -2.39. The Kier molecular flexibility index (Phi) is 5.75. The number of halogens is 2. The van der Waals surface area contributed by atoms with E-state index in [-0.39, 0.29) is 30.0 Å². The third kappa shape index (κ3) is 3.45. The number of rotatable bonds is 5. The van der Waals surface area contributed by atoms with Crippen LogP contribution in [0.2, 0.25) is 10.0 Å². The standard InChI is InChI=1S/C22H21Cl2N3O4S/c1-10-14-6-25-32-20(14)15(21(28)26-10)7-27-4-3-12-16(23)5-13(18(24)17(12)22(27)29)19(30-2)11-8-31-9-11/h5-6,11,19H,3-4,7-9H2,1-2H3,(H,26,28). The van der Waals surface area contributed by atoms with Crippen molar-refractivity contribution in [1.82, 2.24) is 14.3 Å². The van der Waals surface area contributed by atoms with Crippen LogP contribution < -0.4 is 5.56 Å². The number of fused-ring (bicyclic) bond motifs is 2. The van der Waals surface area contributed by atoms with E-state index in [1.165, 1.54) is 11.5 Å². The molecule has 168 valence electrons. The molecule has 1 fully saturated rings.